The van der Waals surface area contributed by atoms with Crippen LogP contribution in [0.1, 0.15) is 5.69 Å². The molecule has 0 amide bonds. The number of hydrogen-bond donors (Lipinski definition) is 1. The van der Waals surface area contributed by atoms with Gasteiger partial charge in [-0.25, -0.2) is 18.7 Å². The van der Waals surface area contributed by atoms with Crippen LogP contribution >= 0.6 is 0 Å². The van der Waals surface area contributed by atoms with Crippen molar-refractivity contribution < 1.29 is 13.5 Å². The standard InChI is InChI=1S/C22H18F2N6O/c1-14-12-29(13-26-14)18-4-2-17(3-5-18)27-22-25-11-20-21(28-22)30(6-7-31-20)19-9-15(23)8-16(24)10-19/h2-5,8-13H,6-7H2,1H3,(H,25,27,28). The number of anilines is 4. The van der Waals surface area contributed by atoms with E-state index >= 15 is 0 Å². The number of nitrogens with one attached hydrogen (secondary N) is 1. The summed E-state index contributed by atoms with van der Waals surface area (Å²) in [7, 11) is 0. The van der Waals surface area contributed by atoms with Gasteiger partial charge in [0.1, 0.15) is 18.2 Å². The number of hydrogen-bond acceptors (Lipinski definition) is 6. The van der Waals surface area contributed by atoms with E-state index in [1.807, 2.05) is 42.0 Å². The first-order valence-corrected chi connectivity index (χ1v) is 9.67. The van der Waals surface area contributed by atoms with E-state index in [4.69, 9.17) is 4.74 Å². The number of nitrogens with zero attached hydrogens (tertiary/aromatic N) is 5. The lowest BCUT2D eigenvalue weighted by atomic mass is 10.2. The van der Waals surface area contributed by atoms with Gasteiger partial charge in [-0.05, 0) is 43.3 Å². The summed E-state index contributed by atoms with van der Waals surface area (Å²) in [6, 6.07) is 11.1. The van der Waals surface area contributed by atoms with E-state index in [1.165, 1.54) is 12.1 Å². The summed E-state index contributed by atoms with van der Waals surface area (Å²) in [5.74, 6) is -0.0591. The van der Waals surface area contributed by atoms with Crippen molar-refractivity contribution in [3.8, 4) is 11.4 Å². The first-order chi connectivity index (χ1) is 15.0. The zero-order chi connectivity index (χ0) is 21.4. The molecular weight excluding hydrogens is 402 g/mol. The van der Waals surface area contributed by atoms with Crippen LogP contribution in [-0.4, -0.2) is 32.7 Å². The Balaban J connectivity index is 1.41. The molecule has 1 aliphatic rings. The largest absolute Gasteiger partial charge is 0.486 e. The Labute approximate surface area is 177 Å². The number of halogens is 2. The van der Waals surface area contributed by atoms with Crippen LogP contribution < -0.4 is 15.0 Å². The van der Waals surface area contributed by atoms with Crippen LogP contribution in [0.5, 0.6) is 5.75 Å². The van der Waals surface area contributed by atoms with Gasteiger partial charge in [0.15, 0.2) is 11.6 Å². The van der Waals surface area contributed by atoms with Gasteiger partial charge in [0.25, 0.3) is 0 Å². The molecule has 0 saturated heterocycles. The van der Waals surface area contributed by atoms with E-state index in [2.05, 4.69) is 20.3 Å². The first kappa shape index (κ1) is 19.0. The van der Waals surface area contributed by atoms with Gasteiger partial charge in [-0.1, -0.05) is 0 Å². The van der Waals surface area contributed by atoms with Crippen LogP contribution in [0.2, 0.25) is 0 Å². The highest BCUT2D eigenvalue weighted by Gasteiger charge is 2.23. The van der Waals surface area contributed by atoms with E-state index in [-0.39, 0.29) is 0 Å². The molecule has 0 fully saturated rings. The Morgan fingerprint density at radius 3 is 2.48 bits per heavy atom. The Morgan fingerprint density at radius 2 is 1.77 bits per heavy atom. The van der Waals surface area contributed by atoms with Crippen LogP contribution in [0.25, 0.3) is 5.69 Å². The zero-order valence-corrected chi connectivity index (χ0v) is 16.6. The predicted molar refractivity (Wildman–Crippen MR) is 112 cm³/mol. The van der Waals surface area contributed by atoms with Crippen molar-refractivity contribution in [2.75, 3.05) is 23.4 Å². The van der Waals surface area contributed by atoms with Crippen LogP contribution in [-0.2, 0) is 0 Å². The van der Waals surface area contributed by atoms with Crippen LogP contribution in [0.3, 0.4) is 0 Å². The molecule has 31 heavy (non-hydrogen) atoms. The topological polar surface area (TPSA) is 68.1 Å². The van der Waals surface area contributed by atoms with Gasteiger partial charge >= 0.3 is 0 Å². The Bertz CT molecular complexity index is 1220. The smallest absolute Gasteiger partial charge is 0.229 e. The molecule has 3 heterocycles. The maximum absolute atomic E-state index is 13.7. The highest BCUT2D eigenvalue weighted by atomic mass is 19.1. The van der Waals surface area contributed by atoms with Gasteiger partial charge in [0, 0.05) is 29.3 Å². The van der Waals surface area contributed by atoms with Gasteiger partial charge in [-0.15, -0.1) is 0 Å². The van der Waals surface area contributed by atoms with Gasteiger partial charge < -0.3 is 19.5 Å². The Kier molecular flexibility index (Phi) is 4.70. The lowest BCUT2D eigenvalue weighted by Crippen LogP contribution is -2.30. The third kappa shape index (κ3) is 3.89. The molecule has 2 aromatic carbocycles. The van der Waals surface area contributed by atoms with Crippen LogP contribution in [0.15, 0.2) is 61.2 Å². The molecule has 7 nitrogen and oxygen atoms in total. The molecule has 0 spiro atoms. The molecule has 0 aliphatic carbocycles. The lowest BCUT2D eigenvalue weighted by Gasteiger charge is -2.30. The van der Waals surface area contributed by atoms with Crippen molar-refractivity contribution in [3.05, 3.63) is 78.5 Å². The highest BCUT2D eigenvalue weighted by molar-refractivity contribution is 5.68. The number of benzene rings is 2. The maximum Gasteiger partial charge on any atom is 0.229 e. The van der Waals surface area contributed by atoms with E-state index in [0.717, 1.165) is 23.1 Å². The van der Waals surface area contributed by atoms with Crippen molar-refractivity contribution >= 4 is 23.1 Å². The maximum atomic E-state index is 13.7. The Hall–Kier alpha value is -4.01. The third-order valence-electron chi connectivity index (χ3n) is 4.86. The first-order valence-electron chi connectivity index (χ1n) is 9.67. The molecule has 5 rings (SSSR count). The third-order valence-corrected chi connectivity index (χ3v) is 4.86. The molecule has 0 bridgehead atoms. The molecule has 1 N–H and O–H groups in total. The highest BCUT2D eigenvalue weighted by Crippen LogP contribution is 2.36. The average molecular weight is 420 g/mol. The SMILES string of the molecule is Cc1cn(-c2ccc(Nc3ncc4c(n3)N(c3cc(F)cc(F)c3)CCO4)cc2)cn1. The molecule has 1 aliphatic heterocycles. The van der Waals surface area contributed by atoms with Gasteiger partial charge in [-0.3, -0.25) is 0 Å². The van der Waals surface area contributed by atoms with E-state index < -0.39 is 11.6 Å². The molecule has 0 unspecified atom stereocenters. The second kappa shape index (κ2) is 7.67. The van der Waals surface area contributed by atoms with Gasteiger partial charge in [-0.2, -0.15) is 4.98 Å². The van der Waals surface area contributed by atoms with Crippen molar-refractivity contribution in [2.24, 2.45) is 0 Å². The molecule has 4 aromatic rings. The van der Waals surface area contributed by atoms with Gasteiger partial charge in [0.05, 0.1) is 24.8 Å². The minimum absolute atomic E-state index is 0.345. The minimum atomic E-state index is -0.649. The molecule has 0 atom stereocenters. The molecular formula is C22H18F2N6O. The van der Waals surface area contributed by atoms with Gasteiger partial charge in [0.2, 0.25) is 5.95 Å². The summed E-state index contributed by atoms with van der Waals surface area (Å²) < 4.78 is 35.0. The predicted octanol–water partition coefficient (Wildman–Crippen LogP) is 4.52. The fraction of sp³-hybridized carbons (Fsp3) is 0.136. The summed E-state index contributed by atoms with van der Waals surface area (Å²) in [5, 5.41) is 3.16. The Morgan fingerprint density at radius 1 is 1.00 bits per heavy atom. The summed E-state index contributed by atoms with van der Waals surface area (Å²) in [6.07, 6.45) is 5.25. The second-order valence-electron chi connectivity index (χ2n) is 7.10. The average Bonchev–Trinajstić information content (AvgIpc) is 3.19. The van der Waals surface area contributed by atoms with Crippen molar-refractivity contribution in [1.82, 2.24) is 19.5 Å². The zero-order valence-electron chi connectivity index (χ0n) is 16.6. The molecule has 9 heteroatoms. The number of aryl methyl sites for hydroxylation is 1. The number of rotatable bonds is 4. The summed E-state index contributed by atoms with van der Waals surface area (Å²) in [4.78, 5) is 14.8. The number of fused-ring (bicyclic) bond motifs is 1. The van der Waals surface area contributed by atoms with E-state index in [9.17, 15) is 8.78 Å². The van der Waals surface area contributed by atoms with Crippen molar-refractivity contribution in [2.45, 2.75) is 6.92 Å². The molecule has 156 valence electrons. The fourth-order valence-electron chi connectivity index (χ4n) is 3.42. The quantitative estimate of drug-likeness (QED) is 0.524. The van der Waals surface area contributed by atoms with Crippen molar-refractivity contribution in [1.29, 1.82) is 0 Å². The normalized spacial score (nSPS) is 12.9. The number of imidazole rings is 1. The molecule has 0 saturated carbocycles. The minimum Gasteiger partial charge on any atom is -0.486 e. The van der Waals surface area contributed by atoms with Crippen LogP contribution in [0, 0.1) is 18.6 Å². The van der Waals surface area contributed by atoms with E-state index in [0.29, 0.717) is 36.4 Å². The van der Waals surface area contributed by atoms with Crippen LogP contribution in [0.4, 0.5) is 31.9 Å². The van der Waals surface area contributed by atoms with E-state index in [1.54, 1.807) is 17.4 Å². The monoisotopic (exact) mass is 420 g/mol. The lowest BCUT2D eigenvalue weighted by molar-refractivity contribution is 0.310. The molecule has 0 radical (unpaired) electrons. The fourth-order valence-corrected chi connectivity index (χ4v) is 3.42. The number of ether oxygens (including phenoxy) is 1. The van der Waals surface area contributed by atoms with Crippen molar-refractivity contribution in [3.63, 3.8) is 0 Å². The number of aromatic nitrogens is 4. The molecule has 2 aromatic heterocycles. The summed E-state index contributed by atoms with van der Waals surface area (Å²) >= 11 is 0. The summed E-state index contributed by atoms with van der Waals surface area (Å²) in [6.45, 7) is 2.70. The summed E-state index contributed by atoms with van der Waals surface area (Å²) in [5.41, 5.74) is 3.08. The second-order valence-corrected chi connectivity index (χ2v) is 7.10.